The van der Waals surface area contributed by atoms with Gasteiger partial charge in [0.1, 0.15) is 5.82 Å². The van der Waals surface area contributed by atoms with Crippen LogP contribution in [0.1, 0.15) is 28.6 Å². The van der Waals surface area contributed by atoms with Crippen molar-refractivity contribution >= 4 is 47.0 Å². The summed E-state index contributed by atoms with van der Waals surface area (Å²) in [6, 6.07) is 7.44. The Hall–Kier alpha value is -1.20. The van der Waals surface area contributed by atoms with Gasteiger partial charge in [-0.3, -0.25) is 0 Å². The van der Waals surface area contributed by atoms with Crippen LogP contribution in [-0.2, 0) is 10.4 Å². The Morgan fingerprint density at radius 3 is 2.29 bits per heavy atom. The molecule has 1 aromatic carbocycles. The van der Waals surface area contributed by atoms with E-state index in [4.69, 9.17) is 39.9 Å². The Labute approximate surface area is 137 Å². The molecule has 0 saturated carbocycles. The predicted octanol–water partition coefficient (Wildman–Crippen LogP) is 3.67. The van der Waals surface area contributed by atoms with E-state index >= 15 is 0 Å². The lowest BCUT2D eigenvalue weighted by molar-refractivity contribution is 0.282. The summed E-state index contributed by atoms with van der Waals surface area (Å²) in [6.07, 6.45) is 3.54. The number of rotatable bonds is 3. The molecule has 0 atom stereocenters. The molecule has 0 aliphatic rings. The van der Waals surface area contributed by atoms with Crippen molar-refractivity contribution in [3.63, 3.8) is 0 Å². The smallest absolute Gasteiger partial charge is 0.250 e. The molecule has 2 aromatic rings. The van der Waals surface area contributed by atoms with Gasteiger partial charge in [-0.05, 0) is 24.1 Å². The molecule has 4 nitrogen and oxygen atoms in total. The fourth-order valence-corrected chi connectivity index (χ4v) is 1.86. The van der Waals surface area contributed by atoms with Gasteiger partial charge in [0, 0.05) is 0 Å². The monoisotopic (exact) mass is 343 g/mol. The summed E-state index contributed by atoms with van der Waals surface area (Å²) < 4.78 is -1.68. The minimum absolute atomic E-state index is 0.0171. The third kappa shape index (κ3) is 4.64. The van der Waals surface area contributed by atoms with E-state index < -0.39 is 3.79 Å². The number of aryl methyl sites for hydroxylation is 1. The summed E-state index contributed by atoms with van der Waals surface area (Å²) >= 11 is 17.4. The van der Waals surface area contributed by atoms with Crippen molar-refractivity contribution in [1.82, 2.24) is 15.0 Å². The molecule has 0 unspecified atom stereocenters. The SMILES string of the molecule is Cc1nc(/C=C/c2ccc(CO)cc2)nc(C(Cl)(Cl)Cl)n1. The number of hydrogen-bond donors (Lipinski definition) is 1. The number of alkyl halides is 3. The number of aromatic nitrogens is 3. The van der Waals surface area contributed by atoms with Crippen molar-refractivity contribution in [1.29, 1.82) is 0 Å². The third-order valence-corrected chi connectivity index (χ3v) is 3.11. The summed E-state index contributed by atoms with van der Waals surface area (Å²) in [4.78, 5) is 12.3. The van der Waals surface area contributed by atoms with Crippen LogP contribution in [0.4, 0.5) is 0 Å². The van der Waals surface area contributed by atoms with Crippen molar-refractivity contribution in [3.05, 3.63) is 52.9 Å². The van der Waals surface area contributed by atoms with Crippen molar-refractivity contribution in [2.45, 2.75) is 17.3 Å². The maximum Gasteiger partial charge on any atom is 0.250 e. The molecule has 0 radical (unpaired) electrons. The highest BCUT2D eigenvalue weighted by atomic mass is 35.6. The van der Waals surface area contributed by atoms with Crippen LogP contribution in [0.25, 0.3) is 12.2 Å². The number of hydrogen-bond acceptors (Lipinski definition) is 4. The molecule has 0 spiro atoms. The maximum atomic E-state index is 8.99. The molecule has 0 saturated heterocycles. The van der Waals surface area contributed by atoms with Gasteiger partial charge in [-0.1, -0.05) is 65.1 Å². The van der Waals surface area contributed by atoms with Crippen LogP contribution in [-0.4, -0.2) is 20.1 Å². The van der Waals surface area contributed by atoms with Gasteiger partial charge in [0.05, 0.1) is 6.61 Å². The largest absolute Gasteiger partial charge is 0.392 e. The van der Waals surface area contributed by atoms with Crippen LogP contribution in [0.5, 0.6) is 0 Å². The highest BCUT2D eigenvalue weighted by Gasteiger charge is 2.27. The predicted molar refractivity (Wildman–Crippen MR) is 85.1 cm³/mol. The lowest BCUT2D eigenvalue weighted by atomic mass is 10.1. The zero-order valence-electron chi connectivity index (χ0n) is 11.1. The molecule has 7 heteroatoms. The standard InChI is InChI=1S/C14H12Cl3N3O/c1-9-18-12(20-13(19-9)14(15,16)17)7-6-10-2-4-11(8-21)5-3-10/h2-7,21H,8H2,1H3/b7-6+. The van der Waals surface area contributed by atoms with Crippen LogP contribution in [0.15, 0.2) is 24.3 Å². The van der Waals surface area contributed by atoms with Crippen LogP contribution in [0.3, 0.4) is 0 Å². The Morgan fingerprint density at radius 1 is 1.05 bits per heavy atom. The summed E-state index contributed by atoms with van der Waals surface area (Å²) in [5, 5.41) is 8.99. The molecule has 0 aliphatic carbocycles. The molecule has 0 amide bonds. The fraction of sp³-hybridized carbons (Fsp3) is 0.214. The molecule has 0 aliphatic heterocycles. The summed E-state index contributed by atoms with van der Waals surface area (Å²) in [7, 11) is 0. The normalized spacial score (nSPS) is 12.0. The van der Waals surface area contributed by atoms with Gasteiger partial charge in [0.25, 0.3) is 0 Å². The second-order valence-corrected chi connectivity index (χ2v) is 6.58. The Balaban J connectivity index is 2.25. The molecule has 1 N–H and O–H groups in total. The van der Waals surface area contributed by atoms with E-state index in [1.165, 1.54) is 0 Å². The van der Waals surface area contributed by atoms with Gasteiger partial charge in [-0.25, -0.2) is 15.0 Å². The molecular formula is C14H12Cl3N3O. The lowest BCUT2D eigenvalue weighted by Crippen LogP contribution is -2.11. The van der Waals surface area contributed by atoms with Crippen LogP contribution < -0.4 is 0 Å². The van der Waals surface area contributed by atoms with Crippen molar-refractivity contribution < 1.29 is 5.11 Å². The Kier molecular flexibility index (Phi) is 5.17. The van der Waals surface area contributed by atoms with Gasteiger partial charge in [0.2, 0.25) is 3.79 Å². The van der Waals surface area contributed by atoms with Gasteiger partial charge < -0.3 is 5.11 Å². The lowest BCUT2D eigenvalue weighted by Gasteiger charge is -2.09. The molecular weight excluding hydrogens is 333 g/mol. The Morgan fingerprint density at radius 2 is 1.71 bits per heavy atom. The van der Waals surface area contributed by atoms with Gasteiger partial charge in [-0.2, -0.15) is 0 Å². The van der Waals surface area contributed by atoms with Crippen LogP contribution in [0.2, 0.25) is 0 Å². The molecule has 1 aromatic heterocycles. The average molecular weight is 345 g/mol. The van der Waals surface area contributed by atoms with Crippen molar-refractivity contribution in [3.8, 4) is 0 Å². The number of aliphatic hydroxyl groups excluding tert-OH is 1. The quantitative estimate of drug-likeness (QED) is 0.863. The molecule has 0 bridgehead atoms. The number of nitrogens with zero attached hydrogens (tertiary/aromatic N) is 3. The first kappa shape index (κ1) is 16.2. The second kappa shape index (κ2) is 6.71. The summed E-state index contributed by atoms with van der Waals surface area (Å²) in [6.45, 7) is 1.72. The van der Waals surface area contributed by atoms with Crippen molar-refractivity contribution in [2.24, 2.45) is 0 Å². The maximum absolute atomic E-state index is 8.99. The van der Waals surface area contributed by atoms with E-state index in [0.717, 1.165) is 11.1 Å². The average Bonchev–Trinajstić information content (AvgIpc) is 2.44. The zero-order chi connectivity index (χ0) is 15.5. The van der Waals surface area contributed by atoms with E-state index in [1.807, 2.05) is 30.3 Å². The first-order chi connectivity index (χ1) is 9.88. The molecule has 2 rings (SSSR count). The third-order valence-electron chi connectivity index (χ3n) is 2.61. The zero-order valence-corrected chi connectivity index (χ0v) is 13.4. The van der Waals surface area contributed by atoms with E-state index in [-0.39, 0.29) is 12.4 Å². The number of aliphatic hydroxyl groups is 1. The first-order valence-corrected chi connectivity index (χ1v) is 7.19. The van der Waals surface area contributed by atoms with E-state index in [1.54, 1.807) is 13.0 Å². The highest BCUT2D eigenvalue weighted by Crippen LogP contribution is 2.35. The summed E-state index contributed by atoms with van der Waals surface area (Å²) in [5.41, 5.74) is 1.79. The number of halogens is 3. The van der Waals surface area contributed by atoms with E-state index in [9.17, 15) is 0 Å². The van der Waals surface area contributed by atoms with Crippen molar-refractivity contribution in [2.75, 3.05) is 0 Å². The Bertz CT molecular complexity index is 652. The van der Waals surface area contributed by atoms with Crippen LogP contribution in [0, 0.1) is 6.92 Å². The fourth-order valence-electron chi connectivity index (χ4n) is 1.61. The minimum Gasteiger partial charge on any atom is -0.392 e. The molecule has 0 fully saturated rings. The first-order valence-electron chi connectivity index (χ1n) is 6.06. The topological polar surface area (TPSA) is 58.9 Å². The molecule has 110 valence electrons. The highest BCUT2D eigenvalue weighted by molar-refractivity contribution is 6.66. The van der Waals surface area contributed by atoms with Crippen LogP contribution >= 0.6 is 34.8 Å². The van der Waals surface area contributed by atoms with E-state index in [0.29, 0.717) is 11.6 Å². The van der Waals surface area contributed by atoms with Gasteiger partial charge in [0.15, 0.2) is 11.6 Å². The summed E-state index contributed by atoms with van der Waals surface area (Å²) in [5.74, 6) is 0.979. The molecule has 21 heavy (non-hydrogen) atoms. The van der Waals surface area contributed by atoms with Gasteiger partial charge >= 0.3 is 0 Å². The minimum atomic E-state index is -1.68. The molecule has 1 heterocycles. The number of benzene rings is 1. The van der Waals surface area contributed by atoms with E-state index in [2.05, 4.69) is 15.0 Å². The second-order valence-electron chi connectivity index (χ2n) is 4.30. The van der Waals surface area contributed by atoms with Gasteiger partial charge in [-0.15, -0.1) is 0 Å².